The van der Waals surface area contributed by atoms with Gasteiger partial charge < -0.3 is 19.7 Å². The molecule has 1 aliphatic rings. The highest BCUT2D eigenvalue weighted by molar-refractivity contribution is 6.01. The van der Waals surface area contributed by atoms with E-state index in [9.17, 15) is 4.79 Å². The Morgan fingerprint density at radius 1 is 0.944 bits per heavy atom. The van der Waals surface area contributed by atoms with Crippen LogP contribution < -0.4 is 10.1 Å². The van der Waals surface area contributed by atoms with Crippen molar-refractivity contribution in [3.63, 3.8) is 0 Å². The Morgan fingerprint density at radius 2 is 1.72 bits per heavy atom. The van der Waals surface area contributed by atoms with Gasteiger partial charge in [0.05, 0.1) is 20.3 Å². The van der Waals surface area contributed by atoms with Gasteiger partial charge in [0.25, 0.3) is 5.91 Å². The zero-order chi connectivity index (χ0) is 24.5. The Kier molecular flexibility index (Phi) is 5.67. The average Bonchev–Trinajstić information content (AvgIpc) is 3.37. The largest absolute Gasteiger partial charge is 0.497 e. The molecule has 5 aromatic rings. The molecule has 2 aromatic heterocycles. The molecule has 1 saturated heterocycles. The lowest BCUT2D eigenvalue weighted by Crippen LogP contribution is -2.40. The number of rotatable bonds is 5. The number of morpholine rings is 1. The van der Waals surface area contributed by atoms with Crippen LogP contribution >= 0.6 is 0 Å². The molecule has 1 fully saturated rings. The Labute approximate surface area is 207 Å². The second-order valence-corrected chi connectivity index (χ2v) is 8.49. The van der Waals surface area contributed by atoms with Gasteiger partial charge in [0.1, 0.15) is 5.75 Å². The number of nitrogens with zero attached hydrogens (tertiary/aromatic N) is 5. The van der Waals surface area contributed by atoms with E-state index in [-0.39, 0.29) is 5.91 Å². The zero-order valence-electron chi connectivity index (χ0n) is 19.7. The van der Waals surface area contributed by atoms with Crippen molar-refractivity contribution in [3.05, 3.63) is 78.4 Å². The van der Waals surface area contributed by atoms with Gasteiger partial charge in [-0.25, -0.2) is 0 Å². The maximum absolute atomic E-state index is 13.0. The molecule has 1 N–H and O–H groups in total. The molecule has 0 atom stereocenters. The molecule has 1 amide bonds. The third kappa shape index (κ3) is 3.99. The maximum atomic E-state index is 13.0. The van der Waals surface area contributed by atoms with Crippen molar-refractivity contribution >= 4 is 33.8 Å². The number of fused-ring (bicyclic) bond motifs is 3. The minimum absolute atomic E-state index is 0.00387. The molecule has 6 rings (SSSR count). The van der Waals surface area contributed by atoms with Crippen LogP contribution in [0.15, 0.2) is 72.8 Å². The summed E-state index contributed by atoms with van der Waals surface area (Å²) in [6, 6.07) is 23.0. The van der Waals surface area contributed by atoms with Gasteiger partial charge in [-0.3, -0.25) is 4.79 Å². The Balaban J connectivity index is 1.40. The van der Waals surface area contributed by atoms with Crippen molar-refractivity contribution < 1.29 is 14.3 Å². The molecular weight excluding hydrogens is 456 g/mol. The van der Waals surface area contributed by atoms with E-state index in [1.54, 1.807) is 11.6 Å². The Bertz CT molecular complexity index is 1560. The summed E-state index contributed by atoms with van der Waals surface area (Å²) >= 11 is 0. The molecule has 9 heteroatoms. The monoisotopic (exact) mass is 480 g/mol. The topological polar surface area (TPSA) is 93.9 Å². The van der Waals surface area contributed by atoms with E-state index < -0.39 is 0 Å². The third-order valence-corrected chi connectivity index (χ3v) is 6.28. The lowest BCUT2D eigenvalue weighted by atomic mass is 10.1. The summed E-state index contributed by atoms with van der Waals surface area (Å²) < 4.78 is 12.4. The molecule has 0 unspecified atom stereocenters. The number of ether oxygens (including phenoxy) is 2. The van der Waals surface area contributed by atoms with Crippen molar-refractivity contribution in [2.75, 3.05) is 38.7 Å². The number of carbonyl (C=O) groups is 1. The van der Waals surface area contributed by atoms with E-state index in [1.165, 1.54) is 0 Å². The molecule has 3 aromatic carbocycles. The highest BCUT2D eigenvalue weighted by Crippen LogP contribution is 2.30. The van der Waals surface area contributed by atoms with Gasteiger partial charge in [0.15, 0.2) is 17.3 Å². The first-order valence-electron chi connectivity index (χ1n) is 11.7. The number of aromatic nitrogens is 4. The molecule has 0 saturated carbocycles. The first-order chi connectivity index (χ1) is 17.7. The van der Waals surface area contributed by atoms with E-state index in [2.05, 4.69) is 15.5 Å². The van der Waals surface area contributed by atoms with Crippen LogP contribution in [0.25, 0.3) is 27.8 Å². The van der Waals surface area contributed by atoms with Gasteiger partial charge in [-0.05, 0) is 42.5 Å². The van der Waals surface area contributed by atoms with Crippen LogP contribution in [-0.2, 0) is 4.74 Å². The third-order valence-electron chi connectivity index (χ3n) is 6.28. The molecule has 1 aliphatic heterocycles. The minimum Gasteiger partial charge on any atom is -0.497 e. The standard InChI is InChI=1S/C27H24N6O3/c1-35-21-11-9-18(10-12-21)25-29-30-26-23-8-3-2-7-22(23)24(31-33(25)26)28-20-6-4-5-19(17-20)27(34)32-13-15-36-16-14-32/h2-12,17H,13-16H2,1H3,(H,28,31). The van der Waals surface area contributed by atoms with Gasteiger partial charge in [-0.15, -0.1) is 15.3 Å². The van der Waals surface area contributed by atoms with Crippen LogP contribution in [0.2, 0.25) is 0 Å². The number of amides is 1. The molecule has 0 bridgehead atoms. The fraction of sp³-hybridized carbons (Fsp3) is 0.185. The van der Waals surface area contributed by atoms with Gasteiger partial charge in [0.2, 0.25) is 0 Å². The number of carbonyl (C=O) groups excluding carboxylic acids is 1. The fourth-order valence-corrected chi connectivity index (χ4v) is 4.41. The van der Waals surface area contributed by atoms with Crippen LogP contribution in [0.3, 0.4) is 0 Å². The van der Waals surface area contributed by atoms with Crippen molar-refractivity contribution in [2.24, 2.45) is 0 Å². The summed E-state index contributed by atoms with van der Waals surface area (Å²) in [7, 11) is 1.64. The number of methoxy groups -OCH3 is 1. The second kappa shape index (κ2) is 9.27. The van der Waals surface area contributed by atoms with Crippen molar-refractivity contribution in [1.82, 2.24) is 24.7 Å². The van der Waals surface area contributed by atoms with Crippen LogP contribution in [0.1, 0.15) is 10.4 Å². The lowest BCUT2D eigenvalue weighted by Gasteiger charge is -2.27. The van der Waals surface area contributed by atoms with E-state index in [0.29, 0.717) is 49.2 Å². The van der Waals surface area contributed by atoms with Crippen molar-refractivity contribution in [1.29, 1.82) is 0 Å². The van der Waals surface area contributed by atoms with Gasteiger partial charge >= 0.3 is 0 Å². The van der Waals surface area contributed by atoms with Crippen molar-refractivity contribution in [3.8, 4) is 17.1 Å². The van der Waals surface area contributed by atoms with Crippen LogP contribution in [0, 0.1) is 0 Å². The Morgan fingerprint density at radius 3 is 2.50 bits per heavy atom. The predicted molar refractivity (Wildman–Crippen MR) is 137 cm³/mol. The summed E-state index contributed by atoms with van der Waals surface area (Å²) in [6.45, 7) is 2.33. The molecule has 0 radical (unpaired) electrons. The van der Waals surface area contributed by atoms with Gasteiger partial charge in [-0.1, -0.05) is 30.3 Å². The Hall–Kier alpha value is -4.50. The first kappa shape index (κ1) is 22.0. The molecular formula is C27H24N6O3. The summed E-state index contributed by atoms with van der Waals surface area (Å²) in [4.78, 5) is 14.8. The fourth-order valence-electron chi connectivity index (χ4n) is 4.41. The zero-order valence-corrected chi connectivity index (χ0v) is 19.7. The maximum Gasteiger partial charge on any atom is 0.254 e. The minimum atomic E-state index is -0.00387. The molecule has 9 nitrogen and oxygen atoms in total. The van der Waals surface area contributed by atoms with E-state index in [1.807, 2.05) is 77.7 Å². The van der Waals surface area contributed by atoms with Gasteiger partial charge in [-0.2, -0.15) is 4.52 Å². The molecule has 3 heterocycles. The predicted octanol–water partition coefficient (Wildman–Crippen LogP) is 4.17. The van der Waals surface area contributed by atoms with E-state index in [0.717, 1.165) is 27.8 Å². The van der Waals surface area contributed by atoms with Crippen molar-refractivity contribution in [2.45, 2.75) is 0 Å². The number of benzene rings is 3. The number of hydrogen-bond acceptors (Lipinski definition) is 7. The lowest BCUT2D eigenvalue weighted by molar-refractivity contribution is 0.0303. The van der Waals surface area contributed by atoms with E-state index in [4.69, 9.17) is 14.6 Å². The molecule has 36 heavy (non-hydrogen) atoms. The molecule has 0 spiro atoms. The summed E-state index contributed by atoms with van der Waals surface area (Å²) in [5.41, 5.74) is 2.93. The first-order valence-corrected chi connectivity index (χ1v) is 11.7. The average molecular weight is 481 g/mol. The highest BCUT2D eigenvalue weighted by Gasteiger charge is 2.19. The number of hydrogen-bond donors (Lipinski definition) is 1. The summed E-state index contributed by atoms with van der Waals surface area (Å²) in [5, 5.41) is 19.0. The SMILES string of the molecule is COc1ccc(-c2nnc3c4ccccc4c(Nc4cccc(C(=O)N5CCOCC5)c4)nn23)cc1. The number of nitrogens with one attached hydrogen (secondary N) is 1. The normalized spacial score (nSPS) is 13.8. The summed E-state index contributed by atoms with van der Waals surface area (Å²) in [6.07, 6.45) is 0. The van der Waals surface area contributed by atoms with Crippen LogP contribution in [0.4, 0.5) is 11.5 Å². The van der Waals surface area contributed by atoms with Crippen LogP contribution in [-0.4, -0.2) is 64.0 Å². The quantitative estimate of drug-likeness (QED) is 0.404. The summed E-state index contributed by atoms with van der Waals surface area (Å²) in [5.74, 6) is 2.02. The molecule has 0 aliphatic carbocycles. The van der Waals surface area contributed by atoms with Crippen LogP contribution in [0.5, 0.6) is 5.75 Å². The highest BCUT2D eigenvalue weighted by atomic mass is 16.5. The molecule has 180 valence electrons. The number of anilines is 2. The van der Waals surface area contributed by atoms with Gasteiger partial charge in [0, 0.05) is 40.7 Å². The second-order valence-electron chi connectivity index (χ2n) is 8.49. The smallest absolute Gasteiger partial charge is 0.254 e. The van der Waals surface area contributed by atoms with E-state index >= 15 is 0 Å².